The van der Waals surface area contributed by atoms with E-state index in [9.17, 15) is 4.79 Å². The van der Waals surface area contributed by atoms with Crippen LogP contribution in [0, 0.1) is 5.92 Å². The standard InChI is InChI=1S/C17H26N4O2/c1-17(2,3)14-6-7-15(21-20-14)19-16(22)18-12-8-9-23-13(10-12)11-4-5-11/h6-7,11-13H,4-5,8-10H2,1-3H3,(H2,18,19,21,22). The van der Waals surface area contributed by atoms with Crippen molar-refractivity contribution >= 4 is 11.8 Å². The summed E-state index contributed by atoms with van der Waals surface area (Å²) >= 11 is 0. The van der Waals surface area contributed by atoms with Gasteiger partial charge in [0.15, 0.2) is 5.82 Å². The molecule has 2 unspecified atom stereocenters. The van der Waals surface area contributed by atoms with Crippen LogP contribution in [0.3, 0.4) is 0 Å². The maximum atomic E-state index is 12.1. The van der Waals surface area contributed by atoms with Crippen LogP contribution in [-0.2, 0) is 10.2 Å². The molecule has 0 spiro atoms. The van der Waals surface area contributed by atoms with Gasteiger partial charge in [-0.15, -0.1) is 5.10 Å². The fourth-order valence-corrected chi connectivity index (χ4v) is 2.89. The van der Waals surface area contributed by atoms with Gasteiger partial charge in [-0.05, 0) is 43.7 Å². The number of aromatic nitrogens is 2. The van der Waals surface area contributed by atoms with Gasteiger partial charge in [0.2, 0.25) is 0 Å². The first-order chi connectivity index (χ1) is 10.9. The molecule has 2 atom stereocenters. The largest absolute Gasteiger partial charge is 0.378 e. The molecule has 3 rings (SSSR count). The molecule has 1 aliphatic carbocycles. The quantitative estimate of drug-likeness (QED) is 0.898. The zero-order chi connectivity index (χ0) is 16.4. The van der Waals surface area contributed by atoms with Gasteiger partial charge >= 0.3 is 6.03 Å². The van der Waals surface area contributed by atoms with Crippen molar-refractivity contribution in [1.29, 1.82) is 0 Å². The lowest BCUT2D eigenvalue weighted by Gasteiger charge is -2.30. The van der Waals surface area contributed by atoms with E-state index in [-0.39, 0.29) is 17.5 Å². The van der Waals surface area contributed by atoms with Crippen LogP contribution in [0.4, 0.5) is 10.6 Å². The third-order valence-corrected chi connectivity index (χ3v) is 4.47. The van der Waals surface area contributed by atoms with Gasteiger partial charge in [0.1, 0.15) is 0 Å². The molecule has 2 heterocycles. The molecule has 23 heavy (non-hydrogen) atoms. The van der Waals surface area contributed by atoms with Crippen LogP contribution < -0.4 is 10.6 Å². The molecule has 1 aliphatic heterocycles. The molecule has 1 saturated heterocycles. The van der Waals surface area contributed by atoms with E-state index >= 15 is 0 Å². The second-order valence-electron chi connectivity index (χ2n) is 7.62. The minimum atomic E-state index is -0.218. The van der Waals surface area contributed by atoms with Crippen LogP contribution in [0.25, 0.3) is 0 Å². The van der Waals surface area contributed by atoms with Gasteiger partial charge in [0.25, 0.3) is 0 Å². The lowest BCUT2D eigenvalue weighted by atomic mass is 9.92. The maximum absolute atomic E-state index is 12.1. The number of urea groups is 1. The van der Waals surface area contributed by atoms with Crippen molar-refractivity contribution in [2.24, 2.45) is 5.92 Å². The fourth-order valence-electron chi connectivity index (χ4n) is 2.89. The summed E-state index contributed by atoms with van der Waals surface area (Å²) in [4.78, 5) is 12.1. The molecule has 2 fully saturated rings. The van der Waals surface area contributed by atoms with Crippen molar-refractivity contribution < 1.29 is 9.53 Å². The van der Waals surface area contributed by atoms with Gasteiger partial charge in [-0.1, -0.05) is 20.8 Å². The number of anilines is 1. The Bertz CT molecular complexity index is 549. The van der Waals surface area contributed by atoms with Gasteiger partial charge in [0.05, 0.1) is 11.8 Å². The molecular weight excluding hydrogens is 292 g/mol. The Morgan fingerprint density at radius 3 is 2.61 bits per heavy atom. The highest BCUT2D eigenvalue weighted by Gasteiger charge is 2.36. The minimum absolute atomic E-state index is 0.0479. The average molecular weight is 318 g/mol. The first-order valence-corrected chi connectivity index (χ1v) is 8.45. The first kappa shape index (κ1) is 16.2. The Morgan fingerprint density at radius 1 is 1.22 bits per heavy atom. The van der Waals surface area contributed by atoms with Crippen molar-refractivity contribution in [3.63, 3.8) is 0 Å². The molecule has 1 aromatic heterocycles. The number of ether oxygens (including phenoxy) is 1. The van der Waals surface area contributed by atoms with E-state index in [1.54, 1.807) is 6.07 Å². The summed E-state index contributed by atoms with van der Waals surface area (Å²) in [7, 11) is 0. The van der Waals surface area contributed by atoms with Crippen molar-refractivity contribution in [3.05, 3.63) is 17.8 Å². The molecular formula is C17H26N4O2. The molecule has 126 valence electrons. The topological polar surface area (TPSA) is 76.1 Å². The summed E-state index contributed by atoms with van der Waals surface area (Å²) in [6, 6.07) is 3.66. The predicted molar refractivity (Wildman–Crippen MR) is 88.4 cm³/mol. The highest BCUT2D eigenvalue weighted by atomic mass is 16.5. The van der Waals surface area contributed by atoms with Crippen LogP contribution in [0.2, 0.25) is 0 Å². The zero-order valence-electron chi connectivity index (χ0n) is 14.1. The van der Waals surface area contributed by atoms with Crippen molar-refractivity contribution in [2.75, 3.05) is 11.9 Å². The van der Waals surface area contributed by atoms with Gasteiger partial charge in [-0.25, -0.2) is 4.79 Å². The maximum Gasteiger partial charge on any atom is 0.320 e. The van der Waals surface area contributed by atoms with Gasteiger partial charge in [-0.3, -0.25) is 5.32 Å². The number of hydrogen-bond acceptors (Lipinski definition) is 4. The summed E-state index contributed by atoms with van der Waals surface area (Å²) < 4.78 is 5.78. The third-order valence-electron chi connectivity index (χ3n) is 4.47. The molecule has 6 heteroatoms. The highest BCUT2D eigenvalue weighted by Crippen LogP contribution is 2.38. The lowest BCUT2D eigenvalue weighted by Crippen LogP contribution is -2.44. The summed E-state index contributed by atoms with van der Waals surface area (Å²) in [5.41, 5.74) is 0.855. The van der Waals surface area contributed by atoms with Crippen molar-refractivity contribution in [1.82, 2.24) is 15.5 Å². The van der Waals surface area contributed by atoms with E-state index < -0.39 is 0 Å². The summed E-state index contributed by atoms with van der Waals surface area (Å²) in [5, 5.41) is 14.1. The van der Waals surface area contributed by atoms with Crippen molar-refractivity contribution in [3.8, 4) is 0 Å². The Balaban J connectivity index is 1.50. The Kier molecular flexibility index (Phi) is 4.53. The first-order valence-electron chi connectivity index (χ1n) is 8.45. The number of amides is 2. The van der Waals surface area contributed by atoms with Crippen molar-refractivity contribution in [2.45, 2.75) is 64.0 Å². The monoisotopic (exact) mass is 318 g/mol. The van der Waals surface area contributed by atoms with E-state index in [0.717, 1.165) is 25.1 Å². The number of nitrogens with one attached hydrogen (secondary N) is 2. The predicted octanol–water partition coefficient (Wildman–Crippen LogP) is 2.85. The minimum Gasteiger partial charge on any atom is -0.378 e. The number of rotatable bonds is 3. The second-order valence-corrected chi connectivity index (χ2v) is 7.62. The molecule has 0 radical (unpaired) electrons. The van der Waals surface area contributed by atoms with Crippen LogP contribution in [0.15, 0.2) is 12.1 Å². The molecule has 2 amide bonds. The SMILES string of the molecule is CC(C)(C)c1ccc(NC(=O)NC2CCOC(C3CC3)C2)nn1. The molecule has 0 bridgehead atoms. The normalized spacial score (nSPS) is 25.0. The van der Waals surface area contributed by atoms with Gasteiger partial charge < -0.3 is 10.1 Å². The highest BCUT2D eigenvalue weighted by molar-refractivity contribution is 5.88. The summed E-state index contributed by atoms with van der Waals surface area (Å²) in [5.74, 6) is 1.18. The van der Waals surface area contributed by atoms with E-state index in [2.05, 4.69) is 41.6 Å². The zero-order valence-corrected chi connectivity index (χ0v) is 14.1. The lowest BCUT2D eigenvalue weighted by molar-refractivity contribution is -0.00889. The Labute approximate surface area is 137 Å². The van der Waals surface area contributed by atoms with Crippen LogP contribution in [0.5, 0.6) is 0 Å². The molecule has 1 saturated carbocycles. The summed E-state index contributed by atoms with van der Waals surface area (Å²) in [6.07, 6.45) is 4.62. The molecule has 2 aliphatic rings. The molecule has 6 nitrogen and oxygen atoms in total. The number of carbonyl (C=O) groups is 1. The summed E-state index contributed by atoms with van der Waals surface area (Å²) in [6.45, 7) is 6.97. The van der Waals surface area contributed by atoms with Crippen LogP contribution in [-0.4, -0.2) is 35.0 Å². The number of nitrogens with zero attached hydrogens (tertiary/aromatic N) is 2. The van der Waals surface area contributed by atoms with Crippen LogP contribution in [0.1, 0.15) is 52.1 Å². The number of carbonyl (C=O) groups excluding carboxylic acids is 1. The van der Waals surface area contributed by atoms with Gasteiger partial charge in [-0.2, -0.15) is 5.10 Å². The average Bonchev–Trinajstić information content (AvgIpc) is 3.31. The Hall–Kier alpha value is -1.69. The molecule has 2 N–H and O–H groups in total. The van der Waals surface area contributed by atoms with E-state index in [4.69, 9.17) is 4.74 Å². The van der Waals surface area contributed by atoms with Gasteiger partial charge in [0, 0.05) is 18.1 Å². The van der Waals surface area contributed by atoms with E-state index in [0.29, 0.717) is 17.8 Å². The molecule has 0 aromatic carbocycles. The molecule has 1 aromatic rings. The third kappa shape index (κ3) is 4.41. The Morgan fingerprint density at radius 2 is 2.00 bits per heavy atom. The van der Waals surface area contributed by atoms with E-state index in [1.165, 1.54) is 12.8 Å². The fraction of sp³-hybridized carbons (Fsp3) is 0.706. The van der Waals surface area contributed by atoms with Crippen LogP contribution >= 0.6 is 0 Å². The smallest absolute Gasteiger partial charge is 0.320 e. The van der Waals surface area contributed by atoms with E-state index in [1.807, 2.05) is 6.07 Å². The second kappa shape index (κ2) is 6.43. The number of hydrogen-bond donors (Lipinski definition) is 2.